The summed E-state index contributed by atoms with van der Waals surface area (Å²) < 4.78 is 0. The van der Waals surface area contributed by atoms with Gasteiger partial charge in [-0.15, -0.1) is 5.54 Å². The number of hydrogen-bond donors (Lipinski definition) is 1. The smallest absolute Gasteiger partial charge is 0.162 e. The molecule has 1 N–H and O–H groups in total. The minimum absolute atomic E-state index is 0.781. The first kappa shape index (κ1) is 11.0. The van der Waals surface area contributed by atoms with E-state index in [1.165, 1.54) is 5.19 Å². The SMILES string of the molecule is CNCC#C[Si](C)(C)c1ccccc1. The molecule has 0 saturated heterocycles. The maximum atomic E-state index is 3.40. The molecule has 0 saturated carbocycles. The summed E-state index contributed by atoms with van der Waals surface area (Å²) in [4.78, 5) is 0. The van der Waals surface area contributed by atoms with Gasteiger partial charge in [0.1, 0.15) is 0 Å². The van der Waals surface area contributed by atoms with E-state index in [0.29, 0.717) is 0 Å². The van der Waals surface area contributed by atoms with E-state index >= 15 is 0 Å². The molecule has 0 fully saturated rings. The maximum absolute atomic E-state index is 3.40. The van der Waals surface area contributed by atoms with Crippen LogP contribution in [0.1, 0.15) is 0 Å². The summed E-state index contributed by atoms with van der Waals surface area (Å²) in [6.07, 6.45) is 0. The Morgan fingerprint density at radius 2 is 1.86 bits per heavy atom. The van der Waals surface area contributed by atoms with Crippen molar-refractivity contribution in [3.8, 4) is 11.5 Å². The van der Waals surface area contributed by atoms with Crippen LogP contribution < -0.4 is 10.5 Å². The first-order valence-corrected chi connectivity index (χ1v) is 7.87. The van der Waals surface area contributed by atoms with Gasteiger partial charge in [-0.05, 0) is 12.2 Å². The molecule has 1 rings (SSSR count). The molecule has 1 aromatic carbocycles. The minimum atomic E-state index is -1.52. The van der Waals surface area contributed by atoms with Crippen molar-refractivity contribution in [1.29, 1.82) is 0 Å². The van der Waals surface area contributed by atoms with Crippen LogP contribution in [0.5, 0.6) is 0 Å². The Balaban J connectivity index is 2.82. The standard InChI is InChI=1S/C12H17NSi/c1-13-10-7-11-14(2,3)12-8-5-4-6-9-12/h4-6,8-9,13H,10H2,1-3H3. The third-order valence-electron chi connectivity index (χ3n) is 2.16. The lowest BCUT2D eigenvalue weighted by atomic mass is 10.4. The molecular weight excluding hydrogens is 186 g/mol. The lowest BCUT2D eigenvalue weighted by Crippen LogP contribution is -2.40. The van der Waals surface area contributed by atoms with Crippen molar-refractivity contribution in [2.24, 2.45) is 0 Å². The van der Waals surface area contributed by atoms with Crippen LogP contribution in [0.3, 0.4) is 0 Å². The Labute approximate surface area is 87.6 Å². The average molecular weight is 203 g/mol. The van der Waals surface area contributed by atoms with Crippen LogP contribution in [0.4, 0.5) is 0 Å². The molecule has 0 atom stereocenters. The van der Waals surface area contributed by atoms with Crippen LogP contribution in [0, 0.1) is 11.5 Å². The van der Waals surface area contributed by atoms with Gasteiger partial charge < -0.3 is 5.32 Å². The van der Waals surface area contributed by atoms with Gasteiger partial charge in [0.25, 0.3) is 0 Å². The normalized spacial score (nSPS) is 10.5. The summed E-state index contributed by atoms with van der Waals surface area (Å²) in [5, 5.41) is 4.45. The molecule has 0 heterocycles. The highest BCUT2D eigenvalue weighted by Gasteiger charge is 2.19. The molecule has 14 heavy (non-hydrogen) atoms. The highest BCUT2D eigenvalue weighted by Crippen LogP contribution is 2.00. The second kappa shape index (κ2) is 4.99. The van der Waals surface area contributed by atoms with Crippen LogP contribution in [-0.2, 0) is 0 Å². The van der Waals surface area contributed by atoms with E-state index < -0.39 is 8.07 Å². The predicted octanol–water partition coefficient (Wildman–Crippen LogP) is 1.36. The van der Waals surface area contributed by atoms with E-state index in [1.54, 1.807) is 0 Å². The van der Waals surface area contributed by atoms with E-state index in [4.69, 9.17) is 0 Å². The number of nitrogens with one attached hydrogen (secondary N) is 1. The molecule has 74 valence electrons. The van der Waals surface area contributed by atoms with Gasteiger partial charge in [-0.3, -0.25) is 0 Å². The van der Waals surface area contributed by atoms with E-state index in [2.05, 4.69) is 60.2 Å². The summed E-state index contributed by atoms with van der Waals surface area (Å²) in [6.45, 7) is 5.35. The zero-order chi connectivity index (χ0) is 10.4. The molecule has 2 heteroatoms. The second-order valence-electron chi connectivity index (χ2n) is 3.82. The van der Waals surface area contributed by atoms with Crippen molar-refractivity contribution < 1.29 is 0 Å². The average Bonchev–Trinajstić information content (AvgIpc) is 2.19. The van der Waals surface area contributed by atoms with Gasteiger partial charge in [0, 0.05) is 0 Å². The molecule has 0 aliphatic heterocycles. The summed E-state index contributed by atoms with van der Waals surface area (Å²) in [5.74, 6) is 3.17. The monoisotopic (exact) mass is 203 g/mol. The molecule has 1 aromatic rings. The molecule has 0 aliphatic carbocycles. The van der Waals surface area contributed by atoms with Crippen molar-refractivity contribution in [3.63, 3.8) is 0 Å². The van der Waals surface area contributed by atoms with E-state index in [-0.39, 0.29) is 0 Å². The molecule has 0 aliphatic rings. The Morgan fingerprint density at radius 3 is 2.43 bits per heavy atom. The van der Waals surface area contributed by atoms with E-state index in [0.717, 1.165) is 6.54 Å². The molecule has 0 amide bonds. The summed E-state index contributed by atoms with van der Waals surface area (Å²) in [6, 6.07) is 10.6. The third-order valence-corrected chi connectivity index (χ3v) is 4.74. The predicted molar refractivity (Wildman–Crippen MR) is 65.3 cm³/mol. The van der Waals surface area contributed by atoms with Crippen LogP contribution in [0.25, 0.3) is 0 Å². The van der Waals surface area contributed by atoms with E-state index in [9.17, 15) is 0 Å². The Hall–Kier alpha value is -1.04. The quantitative estimate of drug-likeness (QED) is 0.565. The van der Waals surface area contributed by atoms with Gasteiger partial charge in [0.15, 0.2) is 8.07 Å². The number of benzene rings is 1. The molecule has 0 spiro atoms. The molecule has 0 unspecified atom stereocenters. The first-order valence-electron chi connectivity index (χ1n) is 4.87. The fourth-order valence-corrected chi connectivity index (χ4v) is 2.98. The van der Waals surface area contributed by atoms with Gasteiger partial charge in [0.05, 0.1) is 6.54 Å². The van der Waals surface area contributed by atoms with Gasteiger partial charge in [-0.2, -0.15) is 0 Å². The first-order chi connectivity index (χ1) is 6.67. The fraction of sp³-hybridized carbons (Fsp3) is 0.333. The largest absolute Gasteiger partial charge is 0.309 e. The van der Waals surface area contributed by atoms with Crippen molar-refractivity contribution in [1.82, 2.24) is 5.32 Å². The zero-order valence-electron chi connectivity index (χ0n) is 9.09. The van der Waals surface area contributed by atoms with Crippen LogP contribution in [0.15, 0.2) is 30.3 Å². The third kappa shape index (κ3) is 3.02. The highest BCUT2D eigenvalue weighted by atomic mass is 28.3. The summed E-state index contributed by atoms with van der Waals surface area (Å²) >= 11 is 0. The van der Waals surface area contributed by atoms with Crippen LogP contribution in [-0.4, -0.2) is 21.7 Å². The number of rotatable bonds is 2. The number of hydrogen-bond acceptors (Lipinski definition) is 1. The van der Waals surface area contributed by atoms with Crippen molar-refractivity contribution in [2.45, 2.75) is 13.1 Å². The van der Waals surface area contributed by atoms with Gasteiger partial charge in [-0.1, -0.05) is 49.3 Å². The van der Waals surface area contributed by atoms with E-state index in [1.807, 2.05) is 7.05 Å². The summed E-state index contributed by atoms with van der Waals surface area (Å²) in [5.41, 5.74) is 3.40. The van der Waals surface area contributed by atoms with Gasteiger partial charge >= 0.3 is 0 Å². The molecule has 0 radical (unpaired) electrons. The van der Waals surface area contributed by atoms with Crippen molar-refractivity contribution >= 4 is 13.3 Å². The highest BCUT2D eigenvalue weighted by molar-refractivity contribution is 6.96. The second-order valence-corrected chi connectivity index (χ2v) is 7.90. The zero-order valence-corrected chi connectivity index (χ0v) is 10.1. The molecular formula is C12H17NSi. The van der Waals surface area contributed by atoms with Gasteiger partial charge in [-0.25, -0.2) is 0 Å². The minimum Gasteiger partial charge on any atom is -0.309 e. The van der Waals surface area contributed by atoms with Crippen LogP contribution in [0.2, 0.25) is 13.1 Å². The molecule has 1 nitrogen and oxygen atoms in total. The molecule has 0 bridgehead atoms. The molecule has 0 aromatic heterocycles. The van der Waals surface area contributed by atoms with Crippen molar-refractivity contribution in [3.05, 3.63) is 30.3 Å². The van der Waals surface area contributed by atoms with Crippen molar-refractivity contribution in [2.75, 3.05) is 13.6 Å². The topological polar surface area (TPSA) is 12.0 Å². The lowest BCUT2D eigenvalue weighted by molar-refractivity contribution is 0.938. The maximum Gasteiger partial charge on any atom is 0.162 e. The lowest BCUT2D eigenvalue weighted by Gasteiger charge is -2.14. The Morgan fingerprint density at radius 1 is 1.21 bits per heavy atom. The Bertz CT molecular complexity index is 332. The van der Waals surface area contributed by atoms with Crippen LogP contribution >= 0.6 is 0 Å². The fourth-order valence-electron chi connectivity index (χ4n) is 1.28. The van der Waals surface area contributed by atoms with Gasteiger partial charge in [0.2, 0.25) is 0 Å². The Kier molecular flexibility index (Phi) is 3.93. The summed E-state index contributed by atoms with van der Waals surface area (Å²) in [7, 11) is 0.405.